The highest BCUT2D eigenvalue weighted by atomic mass is 35.5. The summed E-state index contributed by atoms with van der Waals surface area (Å²) in [5, 5.41) is 7.05. The quantitative estimate of drug-likeness (QED) is 0.451. The standard InChI is InChI=1S/C6H12N2.ClH/c1-4(6(7)8)5-2-3-5;/h4-5H,2-3H2,1H3,(H3,7,8);1H. The van der Waals surface area contributed by atoms with E-state index in [-0.39, 0.29) is 12.4 Å². The van der Waals surface area contributed by atoms with Crippen LogP contribution in [0.4, 0.5) is 0 Å². The van der Waals surface area contributed by atoms with E-state index < -0.39 is 0 Å². The number of amidine groups is 1. The van der Waals surface area contributed by atoms with Gasteiger partial charge in [-0.2, -0.15) is 0 Å². The lowest BCUT2D eigenvalue weighted by molar-refractivity contribution is 0.657. The molecule has 0 aliphatic heterocycles. The number of hydrogen-bond donors (Lipinski definition) is 2. The van der Waals surface area contributed by atoms with Crippen molar-refractivity contribution >= 4 is 18.2 Å². The summed E-state index contributed by atoms with van der Waals surface area (Å²) in [5.74, 6) is 1.44. The van der Waals surface area contributed by atoms with Crippen molar-refractivity contribution in [1.82, 2.24) is 0 Å². The van der Waals surface area contributed by atoms with Crippen LogP contribution in [0.3, 0.4) is 0 Å². The maximum Gasteiger partial charge on any atom is 0.0936 e. The van der Waals surface area contributed by atoms with Gasteiger partial charge in [0.1, 0.15) is 0 Å². The van der Waals surface area contributed by atoms with E-state index in [0.29, 0.717) is 11.8 Å². The lowest BCUT2D eigenvalue weighted by Crippen LogP contribution is -2.20. The molecule has 54 valence electrons. The van der Waals surface area contributed by atoms with E-state index >= 15 is 0 Å². The van der Waals surface area contributed by atoms with E-state index in [9.17, 15) is 0 Å². The minimum absolute atomic E-state index is 0. The van der Waals surface area contributed by atoms with Crippen molar-refractivity contribution in [2.75, 3.05) is 0 Å². The predicted molar refractivity (Wildman–Crippen MR) is 41.1 cm³/mol. The maximum atomic E-state index is 7.05. The van der Waals surface area contributed by atoms with Crippen LogP contribution in [0.1, 0.15) is 19.8 Å². The van der Waals surface area contributed by atoms with Gasteiger partial charge in [-0.3, -0.25) is 5.41 Å². The van der Waals surface area contributed by atoms with E-state index in [1.54, 1.807) is 0 Å². The van der Waals surface area contributed by atoms with Crippen LogP contribution in [0, 0.1) is 17.2 Å². The monoisotopic (exact) mass is 148 g/mol. The Labute approximate surface area is 61.7 Å². The third-order valence-corrected chi connectivity index (χ3v) is 1.82. The van der Waals surface area contributed by atoms with Crippen LogP contribution in [0.2, 0.25) is 0 Å². The maximum absolute atomic E-state index is 7.05. The van der Waals surface area contributed by atoms with E-state index in [0.717, 1.165) is 5.92 Å². The minimum Gasteiger partial charge on any atom is -0.387 e. The molecule has 0 aromatic carbocycles. The highest BCUT2D eigenvalue weighted by Crippen LogP contribution is 2.36. The molecule has 1 aliphatic rings. The van der Waals surface area contributed by atoms with E-state index in [1.807, 2.05) is 6.92 Å². The first-order valence-electron chi connectivity index (χ1n) is 3.05. The van der Waals surface area contributed by atoms with Crippen molar-refractivity contribution in [3.8, 4) is 0 Å². The fourth-order valence-corrected chi connectivity index (χ4v) is 0.850. The van der Waals surface area contributed by atoms with Crippen molar-refractivity contribution in [3.05, 3.63) is 0 Å². The SMILES string of the molecule is CC(C(=N)N)C1CC1.Cl. The molecule has 1 atom stereocenters. The third kappa shape index (κ3) is 2.22. The van der Waals surface area contributed by atoms with Gasteiger partial charge in [0.25, 0.3) is 0 Å². The minimum atomic E-state index is 0. The average molecular weight is 149 g/mol. The highest BCUT2D eigenvalue weighted by Gasteiger charge is 2.29. The molecule has 2 nitrogen and oxygen atoms in total. The Morgan fingerprint density at radius 1 is 1.67 bits per heavy atom. The molecule has 9 heavy (non-hydrogen) atoms. The molecular weight excluding hydrogens is 136 g/mol. The van der Waals surface area contributed by atoms with Crippen molar-refractivity contribution in [2.45, 2.75) is 19.8 Å². The first-order chi connectivity index (χ1) is 3.72. The van der Waals surface area contributed by atoms with Gasteiger partial charge in [0.15, 0.2) is 0 Å². The largest absolute Gasteiger partial charge is 0.387 e. The predicted octanol–water partition coefficient (Wildman–Crippen LogP) is 1.39. The molecule has 1 saturated carbocycles. The molecule has 0 aromatic rings. The number of rotatable bonds is 2. The lowest BCUT2D eigenvalue weighted by atomic mass is 10.1. The number of halogens is 1. The van der Waals surface area contributed by atoms with Crippen LogP contribution in [0.15, 0.2) is 0 Å². The summed E-state index contributed by atoms with van der Waals surface area (Å²) in [6.07, 6.45) is 2.56. The summed E-state index contributed by atoms with van der Waals surface area (Å²) >= 11 is 0. The van der Waals surface area contributed by atoms with Gasteiger partial charge in [0.2, 0.25) is 0 Å². The molecule has 1 rings (SSSR count). The second kappa shape index (κ2) is 3.06. The van der Waals surface area contributed by atoms with Gasteiger partial charge < -0.3 is 5.73 Å². The third-order valence-electron chi connectivity index (χ3n) is 1.82. The highest BCUT2D eigenvalue weighted by molar-refractivity contribution is 5.85. The van der Waals surface area contributed by atoms with Crippen LogP contribution in [-0.2, 0) is 0 Å². The number of hydrogen-bond acceptors (Lipinski definition) is 1. The van der Waals surface area contributed by atoms with Crippen LogP contribution >= 0.6 is 12.4 Å². The zero-order valence-corrected chi connectivity index (χ0v) is 6.37. The van der Waals surface area contributed by atoms with Gasteiger partial charge in [-0.15, -0.1) is 12.4 Å². The summed E-state index contributed by atoms with van der Waals surface area (Å²) in [7, 11) is 0. The lowest BCUT2D eigenvalue weighted by Gasteiger charge is -2.04. The van der Waals surface area contributed by atoms with Crippen molar-refractivity contribution in [3.63, 3.8) is 0 Å². The molecule has 0 amide bonds. The summed E-state index contributed by atoms with van der Waals surface area (Å²) in [4.78, 5) is 0. The van der Waals surface area contributed by atoms with Crippen molar-refractivity contribution in [1.29, 1.82) is 5.41 Å². The summed E-state index contributed by atoms with van der Waals surface area (Å²) < 4.78 is 0. The molecule has 3 N–H and O–H groups in total. The molecule has 0 saturated heterocycles. The van der Waals surface area contributed by atoms with E-state index in [1.165, 1.54) is 12.8 Å². The molecule has 1 fully saturated rings. The second-order valence-corrected chi connectivity index (χ2v) is 2.58. The normalized spacial score (nSPS) is 20.1. The molecule has 1 unspecified atom stereocenters. The van der Waals surface area contributed by atoms with Gasteiger partial charge in [0.05, 0.1) is 5.84 Å². The Kier molecular flexibility index (Phi) is 2.98. The first-order valence-corrected chi connectivity index (χ1v) is 3.05. The van der Waals surface area contributed by atoms with Gasteiger partial charge in [-0.05, 0) is 18.8 Å². The number of nitrogens with two attached hydrogens (primary N) is 1. The Morgan fingerprint density at radius 2 is 2.11 bits per heavy atom. The zero-order valence-electron chi connectivity index (χ0n) is 5.55. The molecule has 0 radical (unpaired) electrons. The molecule has 1 aliphatic carbocycles. The number of nitrogens with one attached hydrogen (secondary N) is 1. The first kappa shape index (κ1) is 8.76. The topological polar surface area (TPSA) is 49.9 Å². The van der Waals surface area contributed by atoms with E-state index in [4.69, 9.17) is 11.1 Å². The second-order valence-electron chi connectivity index (χ2n) is 2.58. The van der Waals surface area contributed by atoms with Crippen LogP contribution in [0.5, 0.6) is 0 Å². The fraction of sp³-hybridized carbons (Fsp3) is 0.833. The van der Waals surface area contributed by atoms with Crippen LogP contribution in [0.25, 0.3) is 0 Å². The van der Waals surface area contributed by atoms with Gasteiger partial charge in [0, 0.05) is 5.92 Å². The Morgan fingerprint density at radius 3 is 2.22 bits per heavy atom. The molecule has 0 aromatic heterocycles. The van der Waals surface area contributed by atoms with Gasteiger partial charge >= 0.3 is 0 Å². The average Bonchev–Trinajstić information content (AvgIpc) is 2.43. The Balaban J connectivity index is 0.000000640. The smallest absolute Gasteiger partial charge is 0.0936 e. The molecule has 3 heteroatoms. The zero-order chi connectivity index (χ0) is 6.15. The van der Waals surface area contributed by atoms with Gasteiger partial charge in [-0.25, -0.2) is 0 Å². The summed E-state index contributed by atoms with van der Waals surface area (Å²) in [6, 6.07) is 0. The molecular formula is C6H13ClN2. The Bertz CT molecular complexity index is 110. The van der Waals surface area contributed by atoms with Gasteiger partial charge in [-0.1, -0.05) is 6.92 Å². The summed E-state index contributed by atoms with van der Waals surface area (Å²) in [6.45, 7) is 2.03. The van der Waals surface area contributed by atoms with Crippen molar-refractivity contribution < 1.29 is 0 Å². The summed E-state index contributed by atoms with van der Waals surface area (Å²) in [5.41, 5.74) is 5.26. The molecule has 0 spiro atoms. The van der Waals surface area contributed by atoms with Crippen LogP contribution < -0.4 is 5.73 Å². The molecule has 0 bridgehead atoms. The van der Waals surface area contributed by atoms with Crippen LogP contribution in [-0.4, -0.2) is 5.84 Å². The molecule has 0 heterocycles. The Hall–Kier alpha value is -0.240. The van der Waals surface area contributed by atoms with Crippen molar-refractivity contribution in [2.24, 2.45) is 17.6 Å². The fourth-order valence-electron chi connectivity index (χ4n) is 0.850. The van der Waals surface area contributed by atoms with E-state index in [2.05, 4.69) is 0 Å².